The molecule has 0 fully saturated rings. The Morgan fingerprint density at radius 2 is 1.57 bits per heavy atom. The van der Waals surface area contributed by atoms with E-state index in [0.29, 0.717) is 0 Å². The summed E-state index contributed by atoms with van der Waals surface area (Å²) >= 11 is 5.39. The molecule has 3 aromatic rings. The average molecular weight is 400 g/mol. The van der Waals surface area contributed by atoms with E-state index in [9.17, 15) is 13.2 Å². The SMILES string of the molecule is Cc1ccccc1C(NC(=S)Nc1cccc(C(F)(F)F)c1)c1ccccc1. The van der Waals surface area contributed by atoms with Crippen LogP contribution in [0.15, 0.2) is 78.9 Å². The van der Waals surface area contributed by atoms with Crippen molar-refractivity contribution in [2.24, 2.45) is 0 Å². The highest BCUT2D eigenvalue weighted by Crippen LogP contribution is 2.31. The van der Waals surface area contributed by atoms with Crippen molar-refractivity contribution in [1.29, 1.82) is 0 Å². The van der Waals surface area contributed by atoms with Crippen molar-refractivity contribution in [2.75, 3.05) is 5.32 Å². The molecule has 3 aromatic carbocycles. The lowest BCUT2D eigenvalue weighted by Crippen LogP contribution is -2.33. The fraction of sp³-hybridized carbons (Fsp3) is 0.136. The van der Waals surface area contributed by atoms with Gasteiger partial charge in [0.2, 0.25) is 0 Å². The van der Waals surface area contributed by atoms with Crippen LogP contribution in [0.1, 0.15) is 28.3 Å². The van der Waals surface area contributed by atoms with Crippen molar-refractivity contribution in [2.45, 2.75) is 19.1 Å². The second kappa shape index (κ2) is 8.44. The molecular weight excluding hydrogens is 381 g/mol. The molecule has 2 nitrogen and oxygen atoms in total. The predicted molar refractivity (Wildman–Crippen MR) is 110 cm³/mol. The molecule has 0 spiro atoms. The van der Waals surface area contributed by atoms with E-state index in [0.717, 1.165) is 28.8 Å². The summed E-state index contributed by atoms with van der Waals surface area (Å²) in [6.07, 6.45) is -4.40. The van der Waals surface area contributed by atoms with E-state index in [1.54, 1.807) is 6.07 Å². The van der Waals surface area contributed by atoms with E-state index in [2.05, 4.69) is 10.6 Å². The molecule has 1 atom stereocenters. The molecule has 1 unspecified atom stereocenters. The topological polar surface area (TPSA) is 24.1 Å². The molecular formula is C22H19F3N2S. The third-order valence-electron chi connectivity index (χ3n) is 4.36. The zero-order valence-electron chi connectivity index (χ0n) is 15.1. The van der Waals surface area contributed by atoms with Crippen molar-refractivity contribution < 1.29 is 13.2 Å². The highest BCUT2D eigenvalue weighted by Gasteiger charge is 2.30. The van der Waals surface area contributed by atoms with Crippen molar-refractivity contribution in [3.63, 3.8) is 0 Å². The number of hydrogen-bond donors (Lipinski definition) is 2. The minimum absolute atomic E-state index is 0.229. The molecule has 0 aliphatic rings. The number of alkyl halides is 3. The van der Waals surface area contributed by atoms with Gasteiger partial charge in [0, 0.05) is 5.69 Å². The Hall–Kier alpha value is -2.86. The predicted octanol–water partition coefficient (Wildman–Crippen LogP) is 6.09. The highest BCUT2D eigenvalue weighted by atomic mass is 32.1. The zero-order chi connectivity index (χ0) is 20.1. The number of halogens is 3. The summed E-state index contributed by atoms with van der Waals surface area (Å²) in [6.45, 7) is 2.01. The maximum atomic E-state index is 12.9. The van der Waals surface area contributed by atoms with Crippen LogP contribution in [0, 0.1) is 6.92 Å². The molecule has 0 heterocycles. The maximum Gasteiger partial charge on any atom is 0.416 e. The van der Waals surface area contributed by atoms with E-state index in [1.807, 2.05) is 61.5 Å². The fourth-order valence-electron chi connectivity index (χ4n) is 2.97. The fourth-order valence-corrected chi connectivity index (χ4v) is 3.20. The van der Waals surface area contributed by atoms with E-state index in [1.165, 1.54) is 6.07 Å². The summed E-state index contributed by atoms with van der Waals surface area (Å²) in [7, 11) is 0. The number of aryl methyl sites for hydroxylation is 1. The van der Waals surface area contributed by atoms with Gasteiger partial charge in [-0.15, -0.1) is 0 Å². The first-order chi connectivity index (χ1) is 13.3. The van der Waals surface area contributed by atoms with Crippen molar-refractivity contribution in [1.82, 2.24) is 5.32 Å². The van der Waals surface area contributed by atoms with Crippen LogP contribution in [0.2, 0.25) is 0 Å². The Balaban J connectivity index is 1.84. The number of anilines is 1. The second-order valence-electron chi connectivity index (χ2n) is 6.38. The standard InChI is InChI=1S/C22H19F3N2S/c1-15-8-5-6-13-19(15)20(16-9-3-2-4-10-16)27-21(28)26-18-12-7-11-17(14-18)22(23,24)25/h2-14,20H,1H3,(H2,26,27,28). The van der Waals surface area contributed by atoms with Gasteiger partial charge in [0.15, 0.2) is 5.11 Å². The van der Waals surface area contributed by atoms with E-state index < -0.39 is 11.7 Å². The smallest absolute Gasteiger partial charge is 0.352 e. The van der Waals surface area contributed by atoms with Crippen LogP contribution >= 0.6 is 12.2 Å². The lowest BCUT2D eigenvalue weighted by Gasteiger charge is -2.23. The molecule has 3 rings (SSSR count). The van der Waals surface area contributed by atoms with Crippen LogP contribution < -0.4 is 10.6 Å². The number of rotatable bonds is 4. The van der Waals surface area contributed by atoms with E-state index in [-0.39, 0.29) is 16.8 Å². The van der Waals surface area contributed by atoms with Gasteiger partial charge in [0.25, 0.3) is 0 Å². The second-order valence-corrected chi connectivity index (χ2v) is 6.79. The van der Waals surface area contributed by atoms with E-state index in [4.69, 9.17) is 12.2 Å². The zero-order valence-corrected chi connectivity index (χ0v) is 15.9. The minimum atomic E-state index is -4.40. The van der Waals surface area contributed by atoms with Crippen molar-refractivity contribution in [3.8, 4) is 0 Å². The molecule has 28 heavy (non-hydrogen) atoms. The molecule has 0 radical (unpaired) electrons. The van der Waals surface area contributed by atoms with Crippen LogP contribution in [0.5, 0.6) is 0 Å². The van der Waals surface area contributed by atoms with Gasteiger partial charge < -0.3 is 10.6 Å². The molecule has 2 N–H and O–H groups in total. The van der Waals surface area contributed by atoms with Crippen LogP contribution in [0.4, 0.5) is 18.9 Å². The Labute approximate surface area is 167 Å². The Kier molecular flexibility index (Phi) is 5.99. The third kappa shape index (κ3) is 4.89. The minimum Gasteiger partial charge on any atom is -0.352 e. The highest BCUT2D eigenvalue weighted by molar-refractivity contribution is 7.80. The van der Waals surface area contributed by atoms with Gasteiger partial charge >= 0.3 is 6.18 Å². The molecule has 0 aliphatic carbocycles. The molecule has 144 valence electrons. The summed E-state index contributed by atoms with van der Waals surface area (Å²) in [5.74, 6) is 0. The quantitative estimate of drug-likeness (QED) is 0.518. The number of benzene rings is 3. The first-order valence-electron chi connectivity index (χ1n) is 8.70. The number of nitrogens with one attached hydrogen (secondary N) is 2. The largest absolute Gasteiger partial charge is 0.416 e. The lowest BCUT2D eigenvalue weighted by atomic mass is 9.95. The van der Waals surface area contributed by atoms with Crippen LogP contribution in [-0.4, -0.2) is 5.11 Å². The number of thiocarbonyl (C=S) groups is 1. The Morgan fingerprint density at radius 1 is 0.893 bits per heavy atom. The molecule has 0 bridgehead atoms. The van der Waals surface area contributed by atoms with Crippen molar-refractivity contribution >= 4 is 23.0 Å². The molecule has 0 saturated carbocycles. The maximum absolute atomic E-state index is 12.9. The number of hydrogen-bond acceptors (Lipinski definition) is 1. The molecule has 0 aromatic heterocycles. The Morgan fingerprint density at radius 3 is 2.25 bits per heavy atom. The third-order valence-corrected chi connectivity index (χ3v) is 4.58. The molecule has 6 heteroatoms. The monoisotopic (exact) mass is 400 g/mol. The van der Waals surface area contributed by atoms with Gasteiger partial charge in [0.1, 0.15) is 0 Å². The van der Waals surface area contributed by atoms with Crippen LogP contribution in [0.25, 0.3) is 0 Å². The van der Waals surface area contributed by atoms with Gasteiger partial charge in [-0.05, 0) is 54.0 Å². The lowest BCUT2D eigenvalue weighted by molar-refractivity contribution is -0.137. The van der Waals surface area contributed by atoms with Gasteiger partial charge in [-0.3, -0.25) is 0 Å². The van der Waals surface area contributed by atoms with Gasteiger partial charge in [-0.1, -0.05) is 60.7 Å². The van der Waals surface area contributed by atoms with Crippen molar-refractivity contribution in [3.05, 3.63) is 101 Å². The summed E-state index contributed by atoms with van der Waals surface area (Å²) in [6, 6.07) is 22.4. The Bertz CT molecular complexity index is 955. The van der Waals surface area contributed by atoms with Gasteiger partial charge in [-0.25, -0.2) is 0 Å². The van der Waals surface area contributed by atoms with E-state index >= 15 is 0 Å². The van der Waals surface area contributed by atoms with Crippen LogP contribution in [-0.2, 0) is 6.18 Å². The summed E-state index contributed by atoms with van der Waals surface area (Å²) < 4.78 is 38.8. The normalized spacial score (nSPS) is 12.3. The molecule has 0 aliphatic heterocycles. The van der Waals surface area contributed by atoms with Gasteiger partial charge in [0.05, 0.1) is 11.6 Å². The summed E-state index contributed by atoms with van der Waals surface area (Å²) in [5, 5.41) is 6.35. The summed E-state index contributed by atoms with van der Waals surface area (Å²) in [5.41, 5.74) is 2.69. The van der Waals surface area contributed by atoms with Crippen LogP contribution in [0.3, 0.4) is 0 Å². The summed E-state index contributed by atoms with van der Waals surface area (Å²) in [4.78, 5) is 0. The average Bonchev–Trinajstić information content (AvgIpc) is 2.67. The molecule has 0 amide bonds. The first-order valence-corrected chi connectivity index (χ1v) is 9.10. The molecule has 0 saturated heterocycles. The first kappa shape index (κ1) is 19.9. The van der Waals surface area contributed by atoms with Gasteiger partial charge in [-0.2, -0.15) is 13.2 Å².